The quantitative estimate of drug-likeness (QED) is 0.599. The average Bonchev–Trinajstić information content (AvgIpc) is 3.03. The van der Waals surface area contributed by atoms with Gasteiger partial charge in [0.15, 0.2) is 6.61 Å². The summed E-state index contributed by atoms with van der Waals surface area (Å²) in [7, 11) is 1.53. The lowest BCUT2D eigenvalue weighted by molar-refractivity contribution is -0.140. The fourth-order valence-corrected chi connectivity index (χ4v) is 3.18. The lowest BCUT2D eigenvalue weighted by Gasteiger charge is -2.35. The molecule has 8 heteroatoms. The summed E-state index contributed by atoms with van der Waals surface area (Å²) < 4.78 is 12.0. The van der Waals surface area contributed by atoms with Crippen LogP contribution in [0.3, 0.4) is 0 Å². The first-order valence-corrected chi connectivity index (χ1v) is 9.56. The predicted octanol–water partition coefficient (Wildman–Crippen LogP) is 2.82. The lowest BCUT2D eigenvalue weighted by Crippen LogP contribution is -2.46. The number of ether oxygens (including phenoxy) is 1. The number of carbonyl (C=O) groups excluding carboxylic acids is 2. The van der Waals surface area contributed by atoms with Gasteiger partial charge in [0.1, 0.15) is 23.0 Å². The van der Waals surface area contributed by atoms with Gasteiger partial charge in [0.05, 0.1) is 0 Å². The molecule has 0 bridgehead atoms. The second-order valence-corrected chi connectivity index (χ2v) is 8.09. The highest BCUT2D eigenvalue weighted by molar-refractivity contribution is 6.03. The zero-order valence-electron chi connectivity index (χ0n) is 17.8. The molecule has 0 spiro atoms. The van der Waals surface area contributed by atoms with Crippen molar-refractivity contribution in [3.8, 4) is 0 Å². The maximum atomic E-state index is 12.9. The number of fused-ring (bicyclic) bond motifs is 1. The topological polar surface area (TPSA) is 94.6 Å². The van der Waals surface area contributed by atoms with E-state index in [1.165, 1.54) is 17.9 Å². The van der Waals surface area contributed by atoms with Crippen molar-refractivity contribution in [1.82, 2.24) is 14.5 Å². The van der Waals surface area contributed by atoms with Crippen LogP contribution in [0.4, 0.5) is 0 Å². The van der Waals surface area contributed by atoms with Crippen LogP contribution in [0.15, 0.2) is 45.9 Å². The number of aryl methyl sites for hydroxylation is 2. The SMILES string of the molecule is Cc1oc2ncn(C)c(=O)c2c1C(=O)OCC(=O)N(Cc1ccccc1)C(C)(C)C. The molecule has 0 saturated carbocycles. The van der Waals surface area contributed by atoms with Gasteiger partial charge >= 0.3 is 5.97 Å². The number of carbonyl (C=O) groups is 2. The third kappa shape index (κ3) is 4.27. The lowest BCUT2D eigenvalue weighted by atomic mass is 10.0. The van der Waals surface area contributed by atoms with Crippen LogP contribution in [-0.4, -0.2) is 38.5 Å². The third-order valence-electron chi connectivity index (χ3n) is 4.77. The van der Waals surface area contributed by atoms with Crippen molar-refractivity contribution in [2.45, 2.75) is 39.8 Å². The van der Waals surface area contributed by atoms with Crippen molar-refractivity contribution in [1.29, 1.82) is 0 Å². The maximum Gasteiger partial charge on any atom is 0.343 e. The van der Waals surface area contributed by atoms with Crippen LogP contribution in [0.1, 0.15) is 42.5 Å². The van der Waals surface area contributed by atoms with E-state index in [4.69, 9.17) is 9.15 Å². The van der Waals surface area contributed by atoms with Gasteiger partial charge in [-0.2, -0.15) is 0 Å². The van der Waals surface area contributed by atoms with Crippen LogP contribution in [0.25, 0.3) is 11.1 Å². The van der Waals surface area contributed by atoms with Crippen LogP contribution < -0.4 is 5.56 Å². The van der Waals surface area contributed by atoms with E-state index in [1.54, 1.807) is 11.8 Å². The van der Waals surface area contributed by atoms with E-state index in [0.717, 1.165) is 5.56 Å². The minimum Gasteiger partial charge on any atom is -0.452 e. The van der Waals surface area contributed by atoms with E-state index in [1.807, 2.05) is 51.1 Å². The number of furan rings is 1. The number of amides is 1. The molecule has 2 heterocycles. The molecule has 30 heavy (non-hydrogen) atoms. The summed E-state index contributed by atoms with van der Waals surface area (Å²) in [4.78, 5) is 43.7. The van der Waals surface area contributed by atoms with Gasteiger partial charge in [-0.3, -0.25) is 9.59 Å². The first-order chi connectivity index (χ1) is 14.1. The molecule has 0 N–H and O–H groups in total. The standard InChI is InChI=1S/C22H25N3O5/c1-14-17(18-19(30-14)23-13-24(5)20(18)27)21(28)29-12-16(26)25(22(2,3)4)11-15-9-7-6-8-10-15/h6-10,13H,11-12H2,1-5H3. The van der Waals surface area contributed by atoms with Gasteiger partial charge < -0.3 is 18.6 Å². The van der Waals surface area contributed by atoms with E-state index in [2.05, 4.69) is 4.98 Å². The summed E-state index contributed by atoms with van der Waals surface area (Å²) >= 11 is 0. The minimum absolute atomic E-state index is 0.00290. The Morgan fingerprint density at radius 1 is 1.20 bits per heavy atom. The van der Waals surface area contributed by atoms with Crippen molar-refractivity contribution in [3.63, 3.8) is 0 Å². The summed E-state index contributed by atoms with van der Waals surface area (Å²) in [5, 5.41) is 0.0481. The molecule has 0 aliphatic carbocycles. The molecule has 0 unspecified atom stereocenters. The predicted molar refractivity (Wildman–Crippen MR) is 111 cm³/mol. The molecule has 0 saturated heterocycles. The highest BCUT2D eigenvalue weighted by atomic mass is 16.5. The number of nitrogens with zero attached hydrogens (tertiary/aromatic N) is 3. The van der Waals surface area contributed by atoms with E-state index >= 15 is 0 Å². The van der Waals surface area contributed by atoms with Crippen molar-refractivity contribution in [2.75, 3.05) is 6.61 Å². The third-order valence-corrected chi connectivity index (χ3v) is 4.77. The molecular weight excluding hydrogens is 386 g/mol. The van der Waals surface area contributed by atoms with Gasteiger partial charge in [-0.1, -0.05) is 30.3 Å². The molecule has 158 valence electrons. The summed E-state index contributed by atoms with van der Waals surface area (Å²) in [6.45, 7) is 7.24. The Morgan fingerprint density at radius 2 is 1.87 bits per heavy atom. The molecule has 0 atom stereocenters. The zero-order valence-corrected chi connectivity index (χ0v) is 17.8. The van der Waals surface area contributed by atoms with E-state index < -0.39 is 23.7 Å². The molecule has 8 nitrogen and oxygen atoms in total. The first-order valence-electron chi connectivity index (χ1n) is 9.56. The molecule has 3 rings (SSSR count). The Balaban J connectivity index is 1.80. The molecule has 0 aliphatic rings. The van der Waals surface area contributed by atoms with Gasteiger partial charge in [-0.05, 0) is 33.3 Å². The Labute approximate surface area is 174 Å². The van der Waals surface area contributed by atoms with Crippen LogP contribution in [-0.2, 0) is 23.1 Å². The summed E-state index contributed by atoms with van der Waals surface area (Å²) in [5.41, 5.74) is 0.136. The van der Waals surface area contributed by atoms with Crippen LogP contribution in [0.2, 0.25) is 0 Å². The molecule has 3 aromatic rings. The second-order valence-electron chi connectivity index (χ2n) is 8.09. The Hall–Kier alpha value is -3.42. The molecule has 1 aromatic carbocycles. The Morgan fingerprint density at radius 3 is 2.50 bits per heavy atom. The first kappa shape index (κ1) is 21.3. The smallest absolute Gasteiger partial charge is 0.343 e. The fraction of sp³-hybridized carbons (Fsp3) is 0.364. The van der Waals surface area contributed by atoms with E-state index in [9.17, 15) is 14.4 Å². The molecular formula is C22H25N3O5. The number of rotatable bonds is 5. The highest BCUT2D eigenvalue weighted by Gasteiger charge is 2.29. The Bertz CT molecular complexity index is 1140. The van der Waals surface area contributed by atoms with Gasteiger partial charge in [-0.25, -0.2) is 9.78 Å². The largest absolute Gasteiger partial charge is 0.452 e. The van der Waals surface area contributed by atoms with E-state index in [-0.39, 0.29) is 28.3 Å². The number of aromatic nitrogens is 2. The number of hydrogen-bond acceptors (Lipinski definition) is 6. The number of hydrogen-bond donors (Lipinski definition) is 0. The molecule has 0 aliphatic heterocycles. The average molecular weight is 411 g/mol. The van der Waals surface area contributed by atoms with Crippen LogP contribution in [0, 0.1) is 6.92 Å². The van der Waals surface area contributed by atoms with Crippen molar-refractivity contribution < 1.29 is 18.7 Å². The summed E-state index contributed by atoms with van der Waals surface area (Å²) in [6.07, 6.45) is 1.32. The second kappa shape index (κ2) is 8.14. The molecule has 0 radical (unpaired) electrons. The van der Waals surface area contributed by atoms with Gasteiger partial charge in [0.2, 0.25) is 5.71 Å². The normalized spacial score (nSPS) is 11.5. The molecule has 1 amide bonds. The van der Waals surface area contributed by atoms with Crippen LogP contribution in [0.5, 0.6) is 0 Å². The Kier molecular flexibility index (Phi) is 5.78. The highest BCUT2D eigenvalue weighted by Crippen LogP contribution is 2.22. The molecule has 0 fully saturated rings. The van der Waals surface area contributed by atoms with Gasteiger partial charge in [0, 0.05) is 19.1 Å². The van der Waals surface area contributed by atoms with E-state index in [0.29, 0.717) is 6.54 Å². The molecule has 2 aromatic heterocycles. The van der Waals surface area contributed by atoms with Crippen LogP contribution >= 0.6 is 0 Å². The van der Waals surface area contributed by atoms with Gasteiger partial charge in [0.25, 0.3) is 11.5 Å². The number of esters is 1. The maximum absolute atomic E-state index is 12.9. The summed E-state index contributed by atoms with van der Waals surface area (Å²) in [6, 6.07) is 9.58. The van der Waals surface area contributed by atoms with Gasteiger partial charge in [-0.15, -0.1) is 0 Å². The number of benzene rings is 1. The fourth-order valence-electron chi connectivity index (χ4n) is 3.18. The zero-order chi connectivity index (χ0) is 22.1. The monoisotopic (exact) mass is 411 g/mol. The van der Waals surface area contributed by atoms with Crippen molar-refractivity contribution in [3.05, 3.63) is 63.9 Å². The summed E-state index contributed by atoms with van der Waals surface area (Å²) in [5.74, 6) is -0.912. The minimum atomic E-state index is -0.793. The van der Waals surface area contributed by atoms with Crippen molar-refractivity contribution >= 4 is 23.0 Å². The van der Waals surface area contributed by atoms with Crippen molar-refractivity contribution in [2.24, 2.45) is 7.05 Å².